The monoisotopic (exact) mass is 297 g/mol. The Morgan fingerprint density at radius 2 is 2.00 bits per heavy atom. The summed E-state index contributed by atoms with van der Waals surface area (Å²) in [4.78, 5) is 4.39. The van der Waals surface area contributed by atoms with Crippen molar-refractivity contribution in [2.24, 2.45) is 20.0 Å². The molecule has 0 fully saturated rings. The minimum atomic E-state index is -3.61. The molecular weight excluding hydrogens is 278 g/mol. The highest BCUT2D eigenvalue weighted by Crippen LogP contribution is 2.22. The number of aromatic nitrogens is 4. The van der Waals surface area contributed by atoms with E-state index in [9.17, 15) is 8.42 Å². The lowest BCUT2D eigenvalue weighted by Crippen LogP contribution is -2.33. The van der Waals surface area contributed by atoms with Crippen LogP contribution in [0.5, 0.6) is 0 Å². The normalized spacial score (nSPS) is 13.8. The zero-order chi connectivity index (χ0) is 14.9. The molecule has 110 valence electrons. The minimum Gasteiger partial charge on any atom is -0.337 e. The molecule has 0 unspecified atom stereocenters. The maximum absolute atomic E-state index is 12.4. The summed E-state index contributed by atoms with van der Waals surface area (Å²) in [6, 6.07) is -0.389. The molecule has 2 aromatic rings. The zero-order valence-corrected chi connectivity index (χ0v) is 12.8. The number of rotatable bonds is 5. The van der Waals surface area contributed by atoms with Crippen LogP contribution in [0.4, 0.5) is 0 Å². The van der Waals surface area contributed by atoms with Crippen molar-refractivity contribution >= 4 is 10.0 Å². The minimum absolute atomic E-state index is 0.0718. The summed E-state index contributed by atoms with van der Waals surface area (Å²) in [6.07, 6.45) is 6.25. The highest BCUT2D eigenvalue weighted by molar-refractivity contribution is 7.89. The molecule has 0 bridgehead atoms. The fraction of sp³-hybridized carbons (Fsp3) is 0.500. The average molecular weight is 297 g/mol. The molecular formula is C12H19N5O2S. The van der Waals surface area contributed by atoms with Gasteiger partial charge in [-0.15, -0.1) is 0 Å². The summed E-state index contributed by atoms with van der Waals surface area (Å²) >= 11 is 0. The van der Waals surface area contributed by atoms with Crippen molar-refractivity contribution in [3.63, 3.8) is 0 Å². The van der Waals surface area contributed by atoms with E-state index in [0.29, 0.717) is 5.82 Å². The fourth-order valence-electron chi connectivity index (χ4n) is 1.94. The lowest BCUT2D eigenvalue weighted by Gasteiger charge is -2.21. The molecule has 2 heterocycles. The van der Waals surface area contributed by atoms with Gasteiger partial charge >= 0.3 is 0 Å². The highest BCUT2D eigenvalue weighted by atomic mass is 32.2. The van der Waals surface area contributed by atoms with Crippen LogP contribution in [0.3, 0.4) is 0 Å². The predicted molar refractivity (Wildman–Crippen MR) is 74.3 cm³/mol. The molecule has 2 aromatic heterocycles. The third kappa shape index (κ3) is 2.91. The maximum Gasteiger partial charge on any atom is 0.244 e. The second-order valence-corrected chi connectivity index (χ2v) is 6.80. The highest BCUT2D eigenvalue weighted by Gasteiger charge is 2.27. The number of hydrogen-bond donors (Lipinski definition) is 1. The molecule has 0 aliphatic rings. The van der Waals surface area contributed by atoms with Crippen LogP contribution < -0.4 is 4.72 Å². The Hall–Kier alpha value is -1.67. The Kier molecular flexibility index (Phi) is 3.96. The number of imidazole rings is 1. The van der Waals surface area contributed by atoms with Crippen LogP contribution in [0.25, 0.3) is 0 Å². The van der Waals surface area contributed by atoms with Gasteiger partial charge in [0.25, 0.3) is 0 Å². The zero-order valence-electron chi connectivity index (χ0n) is 12.0. The standard InChI is InChI=1S/C12H19N5O2S/c1-9(2)11(12-13-5-6-16(12)3)15-20(18,19)10-7-14-17(4)8-10/h5-9,11,15H,1-4H3/t11-/m1/s1. The Labute approximate surface area is 118 Å². The largest absolute Gasteiger partial charge is 0.337 e. The van der Waals surface area contributed by atoms with E-state index in [4.69, 9.17) is 0 Å². The van der Waals surface area contributed by atoms with E-state index < -0.39 is 10.0 Å². The van der Waals surface area contributed by atoms with E-state index in [0.717, 1.165) is 0 Å². The SMILES string of the molecule is CC(C)[C@@H](NS(=O)(=O)c1cnn(C)c1)c1nccn1C. The first kappa shape index (κ1) is 14.7. The maximum atomic E-state index is 12.4. The van der Waals surface area contributed by atoms with Gasteiger partial charge in [-0.2, -0.15) is 5.10 Å². The van der Waals surface area contributed by atoms with Crippen LogP contribution in [-0.4, -0.2) is 27.7 Å². The smallest absolute Gasteiger partial charge is 0.244 e. The first-order valence-corrected chi connectivity index (χ1v) is 7.78. The van der Waals surface area contributed by atoms with E-state index in [1.807, 2.05) is 25.5 Å². The average Bonchev–Trinajstić information content (AvgIpc) is 2.95. The molecule has 1 N–H and O–H groups in total. The van der Waals surface area contributed by atoms with Gasteiger partial charge in [0, 0.05) is 32.7 Å². The Morgan fingerprint density at radius 1 is 1.30 bits per heavy atom. The van der Waals surface area contributed by atoms with Crippen LogP contribution >= 0.6 is 0 Å². The summed E-state index contributed by atoms with van der Waals surface area (Å²) < 4.78 is 30.7. The first-order chi connectivity index (χ1) is 9.31. The summed E-state index contributed by atoms with van der Waals surface area (Å²) in [5.41, 5.74) is 0. The number of sulfonamides is 1. The molecule has 0 spiro atoms. The lowest BCUT2D eigenvalue weighted by atomic mass is 10.1. The quantitative estimate of drug-likeness (QED) is 0.886. The Balaban J connectivity index is 2.32. The molecule has 0 saturated carbocycles. The van der Waals surface area contributed by atoms with Gasteiger partial charge in [0.2, 0.25) is 10.0 Å². The van der Waals surface area contributed by atoms with Gasteiger partial charge in [-0.05, 0) is 5.92 Å². The molecule has 0 radical (unpaired) electrons. The van der Waals surface area contributed by atoms with Crippen LogP contribution in [0.1, 0.15) is 25.7 Å². The van der Waals surface area contributed by atoms with Gasteiger partial charge in [0.05, 0.1) is 12.2 Å². The van der Waals surface area contributed by atoms with Crippen LogP contribution in [-0.2, 0) is 24.1 Å². The van der Waals surface area contributed by atoms with Gasteiger partial charge in [0.1, 0.15) is 10.7 Å². The summed E-state index contributed by atoms with van der Waals surface area (Å²) in [7, 11) is -0.0915. The van der Waals surface area contributed by atoms with Crippen molar-refractivity contribution in [1.29, 1.82) is 0 Å². The third-order valence-corrected chi connectivity index (χ3v) is 4.47. The van der Waals surface area contributed by atoms with Gasteiger partial charge in [-0.25, -0.2) is 18.1 Å². The van der Waals surface area contributed by atoms with Gasteiger partial charge in [-0.3, -0.25) is 4.68 Å². The number of hydrogen-bond acceptors (Lipinski definition) is 4. The van der Waals surface area contributed by atoms with Crippen molar-refractivity contribution < 1.29 is 8.42 Å². The molecule has 20 heavy (non-hydrogen) atoms. The molecule has 8 heteroatoms. The van der Waals surface area contributed by atoms with E-state index >= 15 is 0 Å². The number of nitrogens with one attached hydrogen (secondary N) is 1. The molecule has 0 saturated heterocycles. The summed E-state index contributed by atoms with van der Waals surface area (Å²) in [6.45, 7) is 3.90. The van der Waals surface area contributed by atoms with Gasteiger partial charge < -0.3 is 4.57 Å². The van der Waals surface area contributed by atoms with Crippen LogP contribution in [0, 0.1) is 5.92 Å². The van der Waals surface area contributed by atoms with E-state index in [-0.39, 0.29) is 16.9 Å². The van der Waals surface area contributed by atoms with Crippen LogP contribution in [0.15, 0.2) is 29.7 Å². The van der Waals surface area contributed by atoms with Crippen molar-refractivity contribution in [3.05, 3.63) is 30.6 Å². The summed E-state index contributed by atoms with van der Waals surface area (Å²) in [5.74, 6) is 0.759. The van der Waals surface area contributed by atoms with Crippen molar-refractivity contribution in [2.45, 2.75) is 24.8 Å². The molecule has 7 nitrogen and oxygen atoms in total. The predicted octanol–water partition coefficient (Wildman–Crippen LogP) is 0.829. The number of aryl methyl sites for hydroxylation is 2. The van der Waals surface area contributed by atoms with E-state index in [1.165, 1.54) is 17.1 Å². The molecule has 2 rings (SSSR count). The Morgan fingerprint density at radius 3 is 2.45 bits per heavy atom. The topological polar surface area (TPSA) is 81.8 Å². The fourth-order valence-corrected chi connectivity index (χ4v) is 3.26. The van der Waals surface area contributed by atoms with Crippen LogP contribution in [0.2, 0.25) is 0 Å². The summed E-state index contributed by atoms with van der Waals surface area (Å²) in [5, 5.41) is 3.89. The molecule has 1 atom stereocenters. The van der Waals surface area contributed by atoms with Gasteiger partial charge in [-0.1, -0.05) is 13.8 Å². The van der Waals surface area contributed by atoms with Crippen molar-refractivity contribution in [1.82, 2.24) is 24.1 Å². The first-order valence-electron chi connectivity index (χ1n) is 6.29. The molecule has 0 aromatic carbocycles. The van der Waals surface area contributed by atoms with Crippen molar-refractivity contribution in [2.75, 3.05) is 0 Å². The molecule has 0 aliphatic heterocycles. The second kappa shape index (κ2) is 5.37. The lowest BCUT2D eigenvalue weighted by molar-refractivity contribution is 0.435. The third-order valence-electron chi connectivity index (χ3n) is 3.08. The van der Waals surface area contributed by atoms with Crippen molar-refractivity contribution in [3.8, 4) is 0 Å². The molecule has 0 amide bonds. The number of nitrogens with zero attached hydrogens (tertiary/aromatic N) is 4. The Bertz CT molecular complexity index is 686. The van der Waals surface area contributed by atoms with E-state index in [2.05, 4.69) is 14.8 Å². The van der Waals surface area contributed by atoms with E-state index in [1.54, 1.807) is 19.4 Å². The second-order valence-electron chi connectivity index (χ2n) is 5.09. The molecule has 0 aliphatic carbocycles. The van der Waals surface area contributed by atoms with Gasteiger partial charge in [0.15, 0.2) is 0 Å².